The van der Waals surface area contributed by atoms with Gasteiger partial charge in [0.15, 0.2) is 0 Å². The van der Waals surface area contributed by atoms with Crippen molar-refractivity contribution in [2.75, 3.05) is 13.7 Å². The van der Waals surface area contributed by atoms with Crippen molar-refractivity contribution in [3.05, 3.63) is 47.5 Å². The van der Waals surface area contributed by atoms with Crippen molar-refractivity contribution in [1.82, 2.24) is 5.32 Å². The molecule has 1 aromatic carbocycles. The SMILES string of the molecule is C=C(CC)CNCc1ccccc1COC. The van der Waals surface area contributed by atoms with Crippen molar-refractivity contribution in [2.45, 2.75) is 26.5 Å². The monoisotopic (exact) mass is 219 g/mol. The molecule has 1 aromatic rings. The Morgan fingerprint density at radius 1 is 1.31 bits per heavy atom. The van der Waals surface area contributed by atoms with E-state index in [0.717, 1.165) is 19.5 Å². The largest absolute Gasteiger partial charge is 0.380 e. The average Bonchev–Trinajstić information content (AvgIpc) is 2.31. The van der Waals surface area contributed by atoms with Crippen molar-refractivity contribution in [1.29, 1.82) is 0 Å². The van der Waals surface area contributed by atoms with Crippen molar-refractivity contribution in [3.63, 3.8) is 0 Å². The summed E-state index contributed by atoms with van der Waals surface area (Å²) in [5, 5.41) is 3.40. The van der Waals surface area contributed by atoms with E-state index in [2.05, 4.69) is 37.0 Å². The molecule has 0 aliphatic rings. The normalized spacial score (nSPS) is 10.4. The van der Waals surface area contributed by atoms with E-state index in [9.17, 15) is 0 Å². The predicted molar refractivity (Wildman–Crippen MR) is 68.3 cm³/mol. The number of nitrogens with one attached hydrogen (secondary N) is 1. The van der Waals surface area contributed by atoms with Crippen LogP contribution in [0.15, 0.2) is 36.4 Å². The van der Waals surface area contributed by atoms with Gasteiger partial charge in [-0.25, -0.2) is 0 Å². The molecule has 0 heterocycles. The van der Waals surface area contributed by atoms with Gasteiger partial charge in [-0.15, -0.1) is 0 Å². The maximum absolute atomic E-state index is 5.17. The fourth-order valence-corrected chi connectivity index (χ4v) is 1.53. The molecule has 0 radical (unpaired) electrons. The molecule has 2 heteroatoms. The Morgan fingerprint density at radius 3 is 2.62 bits per heavy atom. The molecule has 0 aliphatic carbocycles. The van der Waals surface area contributed by atoms with Gasteiger partial charge in [0.05, 0.1) is 6.61 Å². The standard InChI is InChI=1S/C14H21NO/c1-4-12(2)9-15-10-13-7-5-6-8-14(13)11-16-3/h5-8,15H,2,4,9-11H2,1,3H3. The third kappa shape index (κ3) is 4.17. The first-order valence-electron chi connectivity index (χ1n) is 5.71. The summed E-state index contributed by atoms with van der Waals surface area (Å²) in [5.74, 6) is 0. The van der Waals surface area contributed by atoms with Gasteiger partial charge in [0.25, 0.3) is 0 Å². The topological polar surface area (TPSA) is 21.3 Å². The molecule has 1 N–H and O–H groups in total. The van der Waals surface area contributed by atoms with Gasteiger partial charge in [-0.1, -0.05) is 43.3 Å². The van der Waals surface area contributed by atoms with Gasteiger partial charge < -0.3 is 10.1 Å². The third-order valence-corrected chi connectivity index (χ3v) is 2.61. The van der Waals surface area contributed by atoms with E-state index in [1.807, 2.05) is 6.07 Å². The van der Waals surface area contributed by atoms with E-state index in [4.69, 9.17) is 4.74 Å². The Kier molecular flexibility index (Phi) is 5.83. The van der Waals surface area contributed by atoms with Gasteiger partial charge in [0.2, 0.25) is 0 Å². The number of hydrogen-bond donors (Lipinski definition) is 1. The Morgan fingerprint density at radius 2 is 2.00 bits per heavy atom. The highest BCUT2D eigenvalue weighted by molar-refractivity contribution is 5.26. The lowest BCUT2D eigenvalue weighted by Crippen LogP contribution is -2.17. The first kappa shape index (κ1) is 12.9. The van der Waals surface area contributed by atoms with Crippen molar-refractivity contribution >= 4 is 0 Å². The minimum absolute atomic E-state index is 0.673. The van der Waals surface area contributed by atoms with E-state index in [1.54, 1.807) is 7.11 Å². The minimum Gasteiger partial charge on any atom is -0.380 e. The molecule has 0 saturated carbocycles. The fourth-order valence-electron chi connectivity index (χ4n) is 1.53. The van der Waals surface area contributed by atoms with Gasteiger partial charge in [-0.3, -0.25) is 0 Å². The second kappa shape index (κ2) is 7.20. The Bertz CT molecular complexity index is 333. The molecule has 0 spiro atoms. The summed E-state index contributed by atoms with van der Waals surface area (Å²) in [5.41, 5.74) is 3.79. The van der Waals surface area contributed by atoms with E-state index < -0.39 is 0 Å². The molecule has 0 amide bonds. The Hall–Kier alpha value is -1.12. The lowest BCUT2D eigenvalue weighted by Gasteiger charge is -2.10. The van der Waals surface area contributed by atoms with Crippen molar-refractivity contribution < 1.29 is 4.74 Å². The van der Waals surface area contributed by atoms with Crippen LogP contribution in [0.4, 0.5) is 0 Å². The zero-order chi connectivity index (χ0) is 11.8. The molecule has 0 saturated heterocycles. The maximum Gasteiger partial charge on any atom is 0.0716 e. The van der Waals surface area contributed by atoms with Gasteiger partial charge in [-0.05, 0) is 17.5 Å². The van der Waals surface area contributed by atoms with E-state index in [1.165, 1.54) is 16.7 Å². The fraction of sp³-hybridized carbons (Fsp3) is 0.429. The minimum atomic E-state index is 0.673. The molecule has 0 aliphatic heterocycles. The zero-order valence-electron chi connectivity index (χ0n) is 10.3. The number of ether oxygens (including phenoxy) is 1. The van der Waals surface area contributed by atoms with Crippen LogP contribution in [0.25, 0.3) is 0 Å². The van der Waals surface area contributed by atoms with Crippen LogP contribution in [0.2, 0.25) is 0 Å². The maximum atomic E-state index is 5.17. The smallest absolute Gasteiger partial charge is 0.0716 e. The van der Waals surface area contributed by atoms with Crippen LogP contribution in [0, 0.1) is 0 Å². The van der Waals surface area contributed by atoms with Gasteiger partial charge in [0.1, 0.15) is 0 Å². The third-order valence-electron chi connectivity index (χ3n) is 2.61. The highest BCUT2D eigenvalue weighted by atomic mass is 16.5. The Labute approximate surface area is 98.3 Å². The molecular formula is C14H21NO. The van der Waals surface area contributed by atoms with Gasteiger partial charge >= 0.3 is 0 Å². The van der Waals surface area contributed by atoms with Gasteiger partial charge in [0, 0.05) is 20.2 Å². The van der Waals surface area contributed by atoms with Crippen LogP contribution < -0.4 is 5.32 Å². The molecule has 1 rings (SSSR count). The summed E-state index contributed by atoms with van der Waals surface area (Å²) in [4.78, 5) is 0. The molecule has 88 valence electrons. The van der Waals surface area contributed by atoms with Crippen LogP contribution in [0.3, 0.4) is 0 Å². The summed E-state index contributed by atoms with van der Waals surface area (Å²) >= 11 is 0. The lowest BCUT2D eigenvalue weighted by atomic mass is 10.1. The van der Waals surface area contributed by atoms with Crippen LogP contribution in [-0.2, 0) is 17.9 Å². The molecule has 16 heavy (non-hydrogen) atoms. The number of methoxy groups -OCH3 is 1. The molecule has 0 unspecified atom stereocenters. The highest BCUT2D eigenvalue weighted by Gasteiger charge is 2.00. The second-order valence-corrected chi connectivity index (χ2v) is 3.91. The highest BCUT2D eigenvalue weighted by Crippen LogP contribution is 2.09. The summed E-state index contributed by atoms with van der Waals surface area (Å²) in [6.45, 7) is 8.54. The van der Waals surface area contributed by atoms with Crippen LogP contribution in [0.5, 0.6) is 0 Å². The number of rotatable bonds is 7. The number of benzene rings is 1. The van der Waals surface area contributed by atoms with Crippen LogP contribution in [0.1, 0.15) is 24.5 Å². The molecule has 0 bridgehead atoms. The van der Waals surface area contributed by atoms with E-state index in [0.29, 0.717) is 6.61 Å². The van der Waals surface area contributed by atoms with E-state index >= 15 is 0 Å². The van der Waals surface area contributed by atoms with E-state index in [-0.39, 0.29) is 0 Å². The van der Waals surface area contributed by atoms with Crippen LogP contribution >= 0.6 is 0 Å². The summed E-state index contributed by atoms with van der Waals surface area (Å²) < 4.78 is 5.17. The summed E-state index contributed by atoms with van der Waals surface area (Å²) in [6, 6.07) is 8.35. The second-order valence-electron chi connectivity index (χ2n) is 3.91. The molecule has 0 atom stereocenters. The van der Waals surface area contributed by atoms with Crippen molar-refractivity contribution in [3.8, 4) is 0 Å². The molecule has 0 aromatic heterocycles. The summed E-state index contributed by atoms with van der Waals surface area (Å²) in [7, 11) is 1.73. The molecule has 2 nitrogen and oxygen atoms in total. The average molecular weight is 219 g/mol. The molecule has 0 fully saturated rings. The zero-order valence-corrected chi connectivity index (χ0v) is 10.3. The van der Waals surface area contributed by atoms with Crippen LogP contribution in [-0.4, -0.2) is 13.7 Å². The predicted octanol–water partition coefficient (Wildman–Crippen LogP) is 2.89. The quantitative estimate of drug-likeness (QED) is 0.712. The number of hydrogen-bond acceptors (Lipinski definition) is 2. The summed E-state index contributed by atoms with van der Waals surface area (Å²) in [6.07, 6.45) is 1.03. The van der Waals surface area contributed by atoms with Crippen molar-refractivity contribution in [2.24, 2.45) is 0 Å². The Balaban J connectivity index is 2.49. The first-order valence-corrected chi connectivity index (χ1v) is 5.71. The van der Waals surface area contributed by atoms with Gasteiger partial charge in [-0.2, -0.15) is 0 Å². The molecular weight excluding hydrogens is 198 g/mol. The lowest BCUT2D eigenvalue weighted by molar-refractivity contribution is 0.184. The first-order chi connectivity index (χ1) is 7.77.